The van der Waals surface area contributed by atoms with Crippen molar-refractivity contribution in [1.82, 2.24) is 20.2 Å². The van der Waals surface area contributed by atoms with Crippen molar-refractivity contribution in [2.45, 2.75) is 57.8 Å². The lowest BCUT2D eigenvalue weighted by molar-refractivity contribution is 0.0549. The third kappa shape index (κ3) is 3.20. The van der Waals surface area contributed by atoms with Crippen molar-refractivity contribution in [2.75, 3.05) is 6.61 Å². The highest BCUT2D eigenvalue weighted by Gasteiger charge is 2.38. The Morgan fingerprint density at radius 3 is 3.24 bits per heavy atom. The van der Waals surface area contributed by atoms with E-state index >= 15 is 0 Å². The summed E-state index contributed by atoms with van der Waals surface area (Å²) < 4.78 is 7.76. The molecule has 0 spiro atoms. The highest BCUT2D eigenvalue weighted by Crippen LogP contribution is 2.34. The van der Waals surface area contributed by atoms with Crippen LogP contribution in [0.15, 0.2) is 12.4 Å². The van der Waals surface area contributed by atoms with Gasteiger partial charge < -0.3 is 19.9 Å². The number of imidazole rings is 1. The number of carbonyl (C=O) groups excluding carboxylic acids is 1. The average Bonchev–Trinajstić information content (AvgIpc) is 3.14. The second-order valence-electron chi connectivity index (χ2n) is 5.86. The second-order valence-corrected chi connectivity index (χ2v) is 5.86. The van der Waals surface area contributed by atoms with Crippen LogP contribution in [0.2, 0.25) is 0 Å². The SMILES string of the molecule is CCn1ccnc1CNC(=O)NC1CCCC2OCCC12. The van der Waals surface area contributed by atoms with Crippen LogP contribution >= 0.6 is 0 Å². The Kier molecular flexibility index (Phi) is 4.43. The summed E-state index contributed by atoms with van der Waals surface area (Å²) in [5.74, 6) is 1.38. The number of urea groups is 1. The molecular formula is C15H24N4O2. The van der Waals surface area contributed by atoms with Crippen molar-refractivity contribution in [2.24, 2.45) is 5.92 Å². The van der Waals surface area contributed by atoms with E-state index < -0.39 is 0 Å². The van der Waals surface area contributed by atoms with E-state index in [2.05, 4.69) is 22.5 Å². The van der Waals surface area contributed by atoms with Crippen molar-refractivity contribution >= 4 is 6.03 Å². The molecule has 2 N–H and O–H groups in total. The van der Waals surface area contributed by atoms with Crippen molar-refractivity contribution in [3.05, 3.63) is 18.2 Å². The molecule has 1 aromatic rings. The number of hydrogen-bond donors (Lipinski definition) is 2. The molecule has 116 valence electrons. The Balaban J connectivity index is 1.50. The van der Waals surface area contributed by atoms with E-state index in [9.17, 15) is 4.79 Å². The zero-order valence-electron chi connectivity index (χ0n) is 12.5. The van der Waals surface area contributed by atoms with Gasteiger partial charge in [-0.1, -0.05) is 0 Å². The van der Waals surface area contributed by atoms with Crippen LogP contribution in [-0.4, -0.2) is 34.3 Å². The third-order valence-corrected chi connectivity index (χ3v) is 4.65. The number of nitrogens with one attached hydrogen (secondary N) is 2. The Morgan fingerprint density at radius 1 is 1.48 bits per heavy atom. The van der Waals surface area contributed by atoms with Crippen molar-refractivity contribution < 1.29 is 9.53 Å². The van der Waals surface area contributed by atoms with Crippen molar-refractivity contribution in [1.29, 1.82) is 0 Å². The molecule has 2 aliphatic rings. The van der Waals surface area contributed by atoms with Crippen LogP contribution in [0.5, 0.6) is 0 Å². The summed E-state index contributed by atoms with van der Waals surface area (Å²) in [6.45, 7) is 4.23. The topological polar surface area (TPSA) is 68.2 Å². The van der Waals surface area contributed by atoms with Crippen LogP contribution in [0.3, 0.4) is 0 Å². The fourth-order valence-electron chi connectivity index (χ4n) is 3.53. The maximum Gasteiger partial charge on any atom is 0.315 e. The predicted molar refractivity (Wildman–Crippen MR) is 78.8 cm³/mol. The minimum atomic E-state index is -0.0989. The van der Waals surface area contributed by atoms with E-state index in [0.717, 1.165) is 44.7 Å². The first-order chi connectivity index (χ1) is 10.3. The molecule has 0 aromatic carbocycles. The normalized spacial score (nSPS) is 28.1. The maximum absolute atomic E-state index is 12.1. The fraction of sp³-hybridized carbons (Fsp3) is 0.733. The van der Waals surface area contributed by atoms with Crippen LogP contribution in [0.4, 0.5) is 4.79 Å². The number of ether oxygens (including phenoxy) is 1. The predicted octanol–water partition coefficient (Wildman–Crippen LogP) is 1.66. The lowest BCUT2D eigenvalue weighted by Gasteiger charge is -2.33. The van der Waals surface area contributed by atoms with E-state index in [-0.39, 0.29) is 12.1 Å². The molecule has 2 amide bonds. The third-order valence-electron chi connectivity index (χ3n) is 4.65. The Hall–Kier alpha value is -1.56. The molecule has 1 aliphatic heterocycles. The van der Waals surface area contributed by atoms with Crippen LogP contribution < -0.4 is 10.6 Å². The zero-order chi connectivity index (χ0) is 14.7. The molecule has 3 unspecified atom stereocenters. The highest BCUT2D eigenvalue weighted by atomic mass is 16.5. The number of carbonyl (C=O) groups is 1. The summed E-state index contributed by atoms with van der Waals surface area (Å²) in [6.07, 6.45) is 8.43. The monoisotopic (exact) mass is 292 g/mol. The molecule has 3 rings (SSSR count). The van der Waals surface area contributed by atoms with Crippen LogP contribution in [0.25, 0.3) is 0 Å². The zero-order valence-corrected chi connectivity index (χ0v) is 12.5. The van der Waals surface area contributed by atoms with Gasteiger partial charge in [0.25, 0.3) is 0 Å². The first-order valence-corrected chi connectivity index (χ1v) is 7.94. The number of aromatic nitrogens is 2. The fourth-order valence-corrected chi connectivity index (χ4v) is 3.53. The molecule has 0 bridgehead atoms. The number of rotatable bonds is 4. The number of fused-ring (bicyclic) bond motifs is 1. The van der Waals surface area contributed by atoms with Gasteiger partial charge in [0.1, 0.15) is 5.82 Å². The first-order valence-electron chi connectivity index (χ1n) is 7.94. The quantitative estimate of drug-likeness (QED) is 0.887. The molecule has 21 heavy (non-hydrogen) atoms. The molecule has 1 aromatic heterocycles. The van der Waals surface area contributed by atoms with Gasteiger partial charge in [0, 0.05) is 37.5 Å². The summed E-state index contributed by atoms with van der Waals surface area (Å²) in [5, 5.41) is 6.04. The summed E-state index contributed by atoms with van der Waals surface area (Å²) in [4.78, 5) is 16.4. The van der Waals surface area contributed by atoms with Crippen LogP contribution in [0, 0.1) is 5.92 Å². The summed E-state index contributed by atoms with van der Waals surface area (Å²) >= 11 is 0. The molecule has 1 saturated heterocycles. The summed E-state index contributed by atoms with van der Waals surface area (Å²) in [5.41, 5.74) is 0. The van der Waals surface area contributed by atoms with Crippen molar-refractivity contribution in [3.8, 4) is 0 Å². The highest BCUT2D eigenvalue weighted by molar-refractivity contribution is 5.74. The van der Waals surface area contributed by atoms with Gasteiger partial charge >= 0.3 is 6.03 Å². The van der Waals surface area contributed by atoms with Gasteiger partial charge in [0.05, 0.1) is 12.6 Å². The van der Waals surface area contributed by atoms with Gasteiger partial charge in [-0.05, 0) is 32.6 Å². The Labute approximate surface area is 125 Å². The number of hydrogen-bond acceptors (Lipinski definition) is 3. The van der Waals surface area contributed by atoms with E-state index in [4.69, 9.17) is 4.74 Å². The lowest BCUT2D eigenvalue weighted by atomic mass is 9.82. The molecule has 1 saturated carbocycles. The van der Waals surface area contributed by atoms with Gasteiger partial charge in [-0.2, -0.15) is 0 Å². The van der Waals surface area contributed by atoms with Crippen molar-refractivity contribution in [3.63, 3.8) is 0 Å². The molecule has 1 aliphatic carbocycles. The van der Waals surface area contributed by atoms with Gasteiger partial charge in [-0.25, -0.2) is 9.78 Å². The molecule has 0 radical (unpaired) electrons. The number of amides is 2. The maximum atomic E-state index is 12.1. The van der Waals surface area contributed by atoms with E-state index in [1.54, 1.807) is 6.20 Å². The number of nitrogens with zero attached hydrogens (tertiary/aromatic N) is 2. The molecular weight excluding hydrogens is 268 g/mol. The number of aryl methyl sites for hydroxylation is 1. The Bertz CT molecular complexity index is 488. The van der Waals surface area contributed by atoms with Crippen LogP contribution in [-0.2, 0) is 17.8 Å². The van der Waals surface area contributed by atoms with Gasteiger partial charge in [0.15, 0.2) is 0 Å². The van der Waals surface area contributed by atoms with Crippen LogP contribution in [0.1, 0.15) is 38.4 Å². The molecule has 6 nitrogen and oxygen atoms in total. The van der Waals surface area contributed by atoms with Gasteiger partial charge in [0.2, 0.25) is 0 Å². The summed E-state index contributed by atoms with van der Waals surface area (Å²) in [6, 6.07) is 0.148. The van der Waals surface area contributed by atoms with Gasteiger partial charge in [-0.3, -0.25) is 0 Å². The lowest BCUT2D eigenvalue weighted by Crippen LogP contribution is -2.49. The largest absolute Gasteiger partial charge is 0.378 e. The molecule has 3 atom stereocenters. The second kappa shape index (κ2) is 6.47. The van der Waals surface area contributed by atoms with Gasteiger partial charge in [-0.15, -0.1) is 0 Å². The van der Waals surface area contributed by atoms with E-state index in [1.165, 1.54) is 0 Å². The first kappa shape index (κ1) is 14.4. The Morgan fingerprint density at radius 2 is 2.38 bits per heavy atom. The standard InChI is InChI=1S/C15H24N4O2/c1-2-19-8-7-16-14(19)10-17-15(20)18-12-4-3-5-13-11(12)6-9-21-13/h7-8,11-13H,2-6,9-10H2,1H3,(H2,17,18,20). The van der Waals surface area contributed by atoms with E-state index in [1.807, 2.05) is 10.8 Å². The average molecular weight is 292 g/mol. The molecule has 2 heterocycles. The summed E-state index contributed by atoms with van der Waals surface area (Å²) in [7, 11) is 0. The van der Waals surface area contributed by atoms with E-state index in [0.29, 0.717) is 18.6 Å². The smallest absolute Gasteiger partial charge is 0.315 e. The minimum absolute atomic E-state index is 0.0989. The molecule has 2 fully saturated rings. The molecule has 6 heteroatoms. The minimum Gasteiger partial charge on any atom is -0.378 e.